The van der Waals surface area contributed by atoms with Crippen LogP contribution in [0.4, 0.5) is 0 Å². The zero-order chi connectivity index (χ0) is 32.3. The molecule has 10 aromatic rings. The molecule has 0 aliphatic rings. The average molecular weight is 626 g/mol. The maximum atomic E-state index is 6.41. The van der Waals surface area contributed by atoms with Crippen LogP contribution in [-0.2, 0) is 0 Å². The third-order valence-electron chi connectivity index (χ3n) is 9.46. The molecule has 0 radical (unpaired) electrons. The van der Waals surface area contributed by atoms with Crippen LogP contribution in [0.2, 0.25) is 0 Å². The Morgan fingerprint density at radius 3 is 1.33 bits per heavy atom. The molecule has 2 heterocycles. The van der Waals surface area contributed by atoms with Crippen LogP contribution in [-0.4, -0.2) is 15.0 Å². The summed E-state index contributed by atoms with van der Waals surface area (Å²) >= 11 is 0. The highest BCUT2D eigenvalue weighted by Gasteiger charge is 2.17. The van der Waals surface area contributed by atoms with Gasteiger partial charge in [0.2, 0.25) is 0 Å². The van der Waals surface area contributed by atoms with Gasteiger partial charge in [0.25, 0.3) is 0 Å². The van der Waals surface area contributed by atoms with Gasteiger partial charge >= 0.3 is 0 Å². The summed E-state index contributed by atoms with van der Waals surface area (Å²) in [5, 5.41) is 9.16. The lowest BCUT2D eigenvalue weighted by atomic mass is 9.96. The van der Waals surface area contributed by atoms with Gasteiger partial charge in [-0.2, -0.15) is 0 Å². The highest BCUT2D eigenvalue weighted by atomic mass is 16.3. The lowest BCUT2D eigenvalue weighted by Gasteiger charge is -2.10. The van der Waals surface area contributed by atoms with Crippen molar-refractivity contribution >= 4 is 54.3 Å². The van der Waals surface area contributed by atoms with E-state index in [1.807, 2.05) is 18.2 Å². The van der Waals surface area contributed by atoms with Crippen LogP contribution in [0.25, 0.3) is 99.5 Å². The molecule has 0 fully saturated rings. The summed E-state index contributed by atoms with van der Waals surface area (Å²) in [5.41, 5.74) is 6.73. The number of nitrogens with zero attached hydrogens (tertiary/aromatic N) is 3. The first kappa shape index (κ1) is 27.5. The molecule has 8 aromatic carbocycles. The maximum absolute atomic E-state index is 6.41. The molecular formula is C45H27N3O. The lowest BCUT2D eigenvalue weighted by Crippen LogP contribution is -2.00. The van der Waals surface area contributed by atoms with Gasteiger partial charge in [0.15, 0.2) is 17.5 Å². The Bertz CT molecular complexity index is 2810. The molecular weight excluding hydrogens is 599 g/mol. The molecule has 0 bridgehead atoms. The van der Waals surface area contributed by atoms with Crippen molar-refractivity contribution in [3.63, 3.8) is 0 Å². The average Bonchev–Trinajstić information content (AvgIpc) is 3.55. The Labute approximate surface area is 282 Å². The van der Waals surface area contributed by atoms with Crippen LogP contribution in [0.15, 0.2) is 168 Å². The van der Waals surface area contributed by atoms with Crippen molar-refractivity contribution in [1.82, 2.24) is 15.0 Å². The van der Waals surface area contributed by atoms with Gasteiger partial charge in [0, 0.05) is 27.5 Å². The summed E-state index contributed by atoms with van der Waals surface area (Å²) in [4.78, 5) is 15.3. The number of aromatic nitrogens is 3. The van der Waals surface area contributed by atoms with Crippen LogP contribution < -0.4 is 0 Å². The highest BCUT2D eigenvalue weighted by molar-refractivity contribution is 6.13. The van der Waals surface area contributed by atoms with E-state index in [-0.39, 0.29) is 0 Å². The predicted octanol–water partition coefficient (Wildman–Crippen LogP) is 11.9. The fourth-order valence-electron chi connectivity index (χ4n) is 6.98. The van der Waals surface area contributed by atoms with Crippen LogP contribution in [0.1, 0.15) is 0 Å². The number of fused-ring (bicyclic) bond motifs is 6. The molecule has 0 spiro atoms. The number of hydrogen-bond donors (Lipinski definition) is 0. The predicted molar refractivity (Wildman–Crippen MR) is 201 cm³/mol. The maximum Gasteiger partial charge on any atom is 0.164 e. The van der Waals surface area contributed by atoms with Crippen LogP contribution in [0.5, 0.6) is 0 Å². The van der Waals surface area contributed by atoms with E-state index in [9.17, 15) is 0 Å². The second-order valence-electron chi connectivity index (χ2n) is 12.5. The van der Waals surface area contributed by atoms with Crippen molar-refractivity contribution in [3.8, 4) is 45.3 Å². The smallest absolute Gasteiger partial charge is 0.164 e. The van der Waals surface area contributed by atoms with Gasteiger partial charge in [0.05, 0.1) is 0 Å². The van der Waals surface area contributed by atoms with Gasteiger partial charge in [-0.05, 0) is 85.9 Å². The Morgan fingerprint density at radius 1 is 0.327 bits per heavy atom. The molecule has 0 saturated carbocycles. The summed E-state index contributed by atoms with van der Waals surface area (Å²) in [6.07, 6.45) is 0. The first-order valence-corrected chi connectivity index (χ1v) is 16.4. The van der Waals surface area contributed by atoms with Crippen molar-refractivity contribution in [2.24, 2.45) is 0 Å². The van der Waals surface area contributed by atoms with Crippen LogP contribution >= 0.6 is 0 Å². The number of hydrogen-bond acceptors (Lipinski definition) is 4. The Morgan fingerprint density at radius 2 is 0.776 bits per heavy atom. The molecule has 10 rings (SSSR count). The molecule has 4 heteroatoms. The van der Waals surface area contributed by atoms with Gasteiger partial charge in [-0.25, -0.2) is 15.0 Å². The van der Waals surface area contributed by atoms with E-state index < -0.39 is 0 Å². The molecule has 0 atom stereocenters. The van der Waals surface area contributed by atoms with Crippen LogP contribution in [0, 0.1) is 0 Å². The molecule has 2 aromatic heterocycles. The fourth-order valence-corrected chi connectivity index (χ4v) is 6.98. The van der Waals surface area contributed by atoms with E-state index in [4.69, 9.17) is 19.4 Å². The molecule has 0 saturated heterocycles. The SMILES string of the molecule is c1ccc2cc(-c3nc(-c4ccc5ccccc5c4)nc(-c4ccc5oc6cccc(-c7ccc8ccccc8c7)c6c5c4)n3)ccc2c1. The summed E-state index contributed by atoms with van der Waals surface area (Å²) < 4.78 is 6.41. The van der Waals surface area contributed by atoms with E-state index in [2.05, 4.69) is 146 Å². The van der Waals surface area contributed by atoms with Gasteiger partial charge in [-0.15, -0.1) is 0 Å². The molecule has 0 aliphatic carbocycles. The number of furan rings is 1. The topological polar surface area (TPSA) is 51.8 Å². The van der Waals surface area contributed by atoms with Gasteiger partial charge < -0.3 is 4.42 Å². The molecule has 49 heavy (non-hydrogen) atoms. The number of rotatable bonds is 4. The Hall–Kier alpha value is -6.65. The summed E-state index contributed by atoms with van der Waals surface area (Å²) in [7, 11) is 0. The second kappa shape index (κ2) is 11.0. The van der Waals surface area contributed by atoms with E-state index in [0.29, 0.717) is 17.5 Å². The first-order chi connectivity index (χ1) is 24.2. The normalized spacial score (nSPS) is 11.7. The standard InChI is InChI=1S/C45H27N3O/c1-4-11-31-24-34(19-16-28(31)8-1)38-14-7-15-41-42(38)39-27-37(22-23-40(39)49-41)45-47-43(35-20-17-29-9-2-5-12-32(29)25-35)46-44(48-45)36-21-18-30-10-3-6-13-33(30)26-36/h1-27H. The summed E-state index contributed by atoms with van der Waals surface area (Å²) in [5.74, 6) is 1.88. The Kier molecular flexibility index (Phi) is 6.15. The third kappa shape index (κ3) is 4.73. The third-order valence-corrected chi connectivity index (χ3v) is 9.46. The van der Waals surface area contributed by atoms with E-state index in [0.717, 1.165) is 60.5 Å². The minimum Gasteiger partial charge on any atom is -0.456 e. The van der Waals surface area contributed by atoms with Crippen molar-refractivity contribution in [1.29, 1.82) is 0 Å². The molecule has 0 N–H and O–H groups in total. The van der Waals surface area contributed by atoms with E-state index >= 15 is 0 Å². The van der Waals surface area contributed by atoms with Crippen LogP contribution in [0.3, 0.4) is 0 Å². The Balaban J connectivity index is 1.18. The fraction of sp³-hybridized carbons (Fsp3) is 0. The van der Waals surface area contributed by atoms with Gasteiger partial charge in [-0.3, -0.25) is 0 Å². The molecule has 0 aliphatic heterocycles. The zero-order valence-electron chi connectivity index (χ0n) is 26.3. The molecule has 4 nitrogen and oxygen atoms in total. The molecule has 228 valence electrons. The van der Waals surface area contributed by atoms with E-state index in [1.165, 1.54) is 21.5 Å². The number of benzene rings is 8. The van der Waals surface area contributed by atoms with Crippen molar-refractivity contribution < 1.29 is 4.42 Å². The summed E-state index contributed by atoms with van der Waals surface area (Å²) in [6.45, 7) is 0. The lowest BCUT2D eigenvalue weighted by molar-refractivity contribution is 0.669. The van der Waals surface area contributed by atoms with Gasteiger partial charge in [0.1, 0.15) is 11.2 Å². The van der Waals surface area contributed by atoms with E-state index in [1.54, 1.807) is 0 Å². The van der Waals surface area contributed by atoms with Crippen molar-refractivity contribution in [2.45, 2.75) is 0 Å². The van der Waals surface area contributed by atoms with Gasteiger partial charge in [-0.1, -0.05) is 121 Å². The molecule has 0 amide bonds. The summed E-state index contributed by atoms with van der Waals surface area (Å²) in [6, 6.07) is 57.1. The highest BCUT2D eigenvalue weighted by Crippen LogP contribution is 2.39. The molecule has 0 unspecified atom stereocenters. The minimum absolute atomic E-state index is 0.612. The van der Waals surface area contributed by atoms with Crippen molar-refractivity contribution in [3.05, 3.63) is 164 Å². The largest absolute Gasteiger partial charge is 0.456 e. The minimum atomic E-state index is 0.612. The first-order valence-electron chi connectivity index (χ1n) is 16.4. The quantitative estimate of drug-likeness (QED) is 0.195. The second-order valence-corrected chi connectivity index (χ2v) is 12.5. The zero-order valence-corrected chi connectivity index (χ0v) is 26.3. The monoisotopic (exact) mass is 625 g/mol. The van der Waals surface area contributed by atoms with Crippen molar-refractivity contribution in [2.75, 3.05) is 0 Å².